The van der Waals surface area contributed by atoms with E-state index >= 15 is 0 Å². The molecule has 1 aromatic heterocycles. The third-order valence-corrected chi connectivity index (χ3v) is 3.10. The van der Waals surface area contributed by atoms with Crippen molar-refractivity contribution in [3.05, 3.63) is 11.9 Å². The Morgan fingerprint density at radius 1 is 1.64 bits per heavy atom. The van der Waals surface area contributed by atoms with Crippen molar-refractivity contribution in [2.75, 3.05) is 12.8 Å². The van der Waals surface area contributed by atoms with Crippen molar-refractivity contribution in [2.45, 2.75) is 32.4 Å². The number of nitrogens with two attached hydrogens (primary N) is 1. The molecule has 0 spiro atoms. The van der Waals surface area contributed by atoms with Crippen LogP contribution in [0.25, 0.3) is 0 Å². The highest BCUT2D eigenvalue weighted by molar-refractivity contribution is 5.39. The fraction of sp³-hybridized carbons (Fsp3) is 0.700. The van der Waals surface area contributed by atoms with Gasteiger partial charge in [0, 0.05) is 13.7 Å². The van der Waals surface area contributed by atoms with Crippen LogP contribution < -0.4 is 5.73 Å². The lowest BCUT2D eigenvalue weighted by Crippen LogP contribution is -2.33. The van der Waals surface area contributed by atoms with Crippen LogP contribution in [0.3, 0.4) is 0 Å². The summed E-state index contributed by atoms with van der Waals surface area (Å²) in [5, 5.41) is 4.24. The van der Waals surface area contributed by atoms with Crippen LogP contribution in [0.15, 0.2) is 6.20 Å². The van der Waals surface area contributed by atoms with Crippen molar-refractivity contribution in [3.63, 3.8) is 0 Å². The molecule has 2 N–H and O–H groups in total. The van der Waals surface area contributed by atoms with Gasteiger partial charge in [0.1, 0.15) is 0 Å². The summed E-state index contributed by atoms with van der Waals surface area (Å²) in [6.07, 6.45) is 4.49. The Bertz CT molecular complexity index is 315. The van der Waals surface area contributed by atoms with Crippen LogP contribution in [0.2, 0.25) is 0 Å². The summed E-state index contributed by atoms with van der Waals surface area (Å²) in [5.41, 5.74) is 7.58. The van der Waals surface area contributed by atoms with Crippen molar-refractivity contribution in [2.24, 2.45) is 5.92 Å². The minimum Gasteiger partial charge on any atom is -0.396 e. The molecule has 78 valence electrons. The average molecular weight is 195 g/mol. The molecule has 0 unspecified atom stereocenters. The van der Waals surface area contributed by atoms with Crippen LogP contribution in [0.4, 0.5) is 5.69 Å². The average Bonchev–Trinajstić information content (AvgIpc) is 2.41. The number of hydrogen-bond acceptors (Lipinski definition) is 3. The van der Waals surface area contributed by atoms with Gasteiger partial charge in [-0.3, -0.25) is 4.68 Å². The van der Waals surface area contributed by atoms with Crippen molar-refractivity contribution < 1.29 is 4.74 Å². The molecule has 0 aliphatic heterocycles. The van der Waals surface area contributed by atoms with Gasteiger partial charge in [0.05, 0.1) is 23.7 Å². The predicted octanol–water partition coefficient (Wildman–Crippen LogP) is 1.20. The maximum Gasteiger partial charge on any atom is 0.0730 e. The van der Waals surface area contributed by atoms with E-state index in [1.807, 2.05) is 11.6 Å². The first-order valence-corrected chi connectivity index (χ1v) is 5.01. The molecule has 1 aliphatic rings. The monoisotopic (exact) mass is 195 g/mol. The van der Waals surface area contributed by atoms with Crippen LogP contribution >= 0.6 is 0 Å². The van der Waals surface area contributed by atoms with Crippen LogP contribution in [0.5, 0.6) is 0 Å². The fourth-order valence-corrected chi connectivity index (χ4v) is 1.91. The highest BCUT2D eigenvalue weighted by Crippen LogP contribution is 2.31. The smallest absolute Gasteiger partial charge is 0.0730 e. The highest BCUT2D eigenvalue weighted by atomic mass is 16.5. The molecular formula is C10H17N3O. The second-order valence-electron chi connectivity index (χ2n) is 4.06. The van der Waals surface area contributed by atoms with E-state index in [1.165, 1.54) is 0 Å². The molecule has 0 bridgehead atoms. The number of ether oxygens (including phenoxy) is 1. The number of methoxy groups -OCH3 is 1. The van der Waals surface area contributed by atoms with E-state index in [0.717, 1.165) is 30.8 Å². The van der Waals surface area contributed by atoms with Gasteiger partial charge in [0.15, 0.2) is 0 Å². The largest absolute Gasteiger partial charge is 0.396 e. The molecule has 4 heteroatoms. The summed E-state index contributed by atoms with van der Waals surface area (Å²) in [5.74, 6) is 0.706. The first kappa shape index (κ1) is 9.52. The Hall–Kier alpha value is -1.03. The van der Waals surface area contributed by atoms with Gasteiger partial charge in [0.2, 0.25) is 0 Å². The molecule has 0 atom stereocenters. The number of nitrogen functional groups attached to an aromatic ring is 1. The van der Waals surface area contributed by atoms with Crippen molar-refractivity contribution >= 4 is 5.69 Å². The molecule has 1 fully saturated rings. The summed E-state index contributed by atoms with van der Waals surface area (Å²) in [6, 6.07) is 0. The van der Waals surface area contributed by atoms with Crippen LogP contribution in [-0.4, -0.2) is 23.0 Å². The van der Waals surface area contributed by atoms with Gasteiger partial charge in [-0.2, -0.15) is 5.10 Å². The molecule has 1 saturated carbocycles. The Morgan fingerprint density at radius 3 is 2.86 bits per heavy atom. The molecule has 0 amide bonds. The maximum absolute atomic E-state index is 5.72. The number of anilines is 1. The number of rotatable bonds is 3. The fourth-order valence-electron chi connectivity index (χ4n) is 1.91. The molecule has 0 radical (unpaired) electrons. The Labute approximate surface area is 84.0 Å². The van der Waals surface area contributed by atoms with E-state index in [2.05, 4.69) is 5.10 Å². The molecule has 1 aliphatic carbocycles. The Kier molecular flexibility index (Phi) is 2.46. The summed E-state index contributed by atoms with van der Waals surface area (Å²) >= 11 is 0. The quantitative estimate of drug-likeness (QED) is 0.788. The van der Waals surface area contributed by atoms with Gasteiger partial charge in [0.25, 0.3) is 0 Å². The summed E-state index contributed by atoms with van der Waals surface area (Å²) in [4.78, 5) is 0. The first-order chi connectivity index (χ1) is 6.70. The predicted molar refractivity (Wildman–Crippen MR) is 54.9 cm³/mol. The van der Waals surface area contributed by atoms with Crippen LogP contribution in [0, 0.1) is 12.8 Å². The molecule has 14 heavy (non-hydrogen) atoms. The van der Waals surface area contributed by atoms with E-state index in [0.29, 0.717) is 12.0 Å². The number of hydrogen-bond donors (Lipinski definition) is 1. The zero-order valence-corrected chi connectivity index (χ0v) is 8.73. The third kappa shape index (κ3) is 1.62. The lowest BCUT2D eigenvalue weighted by Gasteiger charge is -2.34. The third-order valence-electron chi connectivity index (χ3n) is 3.10. The van der Waals surface area contributed by atoms with Crippen LogP contribution in [0.1, 0.15) is 18.5 Å². The molecule has 1 heterocycles. The van der Waals surface area contributed by atoms with E-state index in [4.69, 9.17) is 10.5 Å². The van der Waals surface area contributed by atoms with Gasteiger partial charge in [-0.05, 0) is 25.7 Å². The molecule has 1 aromatic rings. The van der Waals surface area contributed by atoms with Gasteiger partial charge in [-0.15, -0.1) is 0 Å². The van der Waals surface area contributed by atoms with E-state index < -0.39 is 0 Å². The summed E-state index contributed by atoms with van der Waals surface area (Å²) in [7, 11) is 1.78. The number of aromatic nitrogens is 2. The van der Waals surface area contributed by atoms with Crippen molar-refractivity contribution in [1.82, 2.24) is 9.78 Å². The number of nitrogens with zero attached hydrogens (tertiary/aromatic N) is 2. The van der Waals surface area contributed by atoms with Gasteiger partial charge >= 0.3 is 0 Å². The van der Waals surface area contributed by atoms with E-state index in [1.54, 1.807) is 13.3 Å². The molecule has 2 rings (SSSR count). The molecule has 0 saturated heterocycles. The van der Waals surface area contributed by atoms with Crippen LogP contribution in [-0.2, 0) is 11.3 Å². The van der Waals surface area contributed by atoms with E-state index in [9.17, 15) is 0 Å². The van der Waals surface area contributed by atoms with Gasteiger partial charge in [-0.1, -0.05) is 0 Å². The van der Waals surface area contributed by atoms with Crippen molar-refractivity contribution in [1.29, 1.82) is 0 Å². The maximum atomic E-state index is 5.72. The summed E-state index contributed by atoms with van der Waals surface area (Å²) < 4.78 is 7.23. The lowest BCUT2D eigenvalue weighted by molar-refractivity contribution is -0.00564. The second kappa shape index (κ2) is 3.61. The molecule has 4 nitrogen and oxygen atoms in total. The van der Waals surface area contributed by atoms with Gasteiger partial charge in [-0.25, -0.2) is 0 Å². The van der Waals surface area contributed by atoms with E-state index in [-0.39, 0.29) is 0 Å². The normalized spacial score (nSPS) is 26.1. The standard InChI is InChI=1S/C10H17N3O/c1-7-10(11)5-12-13(7)6-8-3-9(4-8)14-2/h5,8-9H,3-4,6,11H2,1-2H3. The molecule has 0 aromatic carbocycles. The Balaban J connectivity index is 1.90. The summed E-state index contributed by atoms with van der Waals surface area (Å²) in [6.45, 7) is 2.98. The zero-order valence-electron chi connectivity index (χ0n) is 8.73. The zero-order chi connectivity index (χ0) is 10.1. The Morgan fingerprint density at radius 2 is 2.36 bits per heavy atom. The second-order valence-corrected chi connectivity index (χ2v) is 4.06. The topological polar surface area (TPSA) is 53.1 Å². The van der Waals surface area contributed by atoms with Gasteiger partial charge < -0.3 is 10.5 Å². The minimum absolute atomic E-state index is 0.466. The first-order valence-electron chi connectivity index (χ1n) is 5.01. The minimum atomic E-state index is 0.466. The molecular weight excluding hydrogens is 178 g/mol. The lowest BCUT2D eigenvalue weighted by atomic mass is 9.82. The van der Waals surface area contributed by atoms with Crippen molar-refractivity contribution in [3.8, 4) is 0 Å². The highest BCUT2D eigenvalue weighted by Gasteiger charge is 2.29. The SMILES string of the molecule is COC1CC(Cn2ncc(N)c2C)C1.